The van der Waals surface area contributed by atoms with Gasteiger partial charge >= 0.3 is 0 Å². The monoisotopic (exact) mass is 318 g/mol. The van der Waals surface area contributed by atoms with Crippen LogP contribution in [0.5, 0.6) is 0 Å². The first-order valence-electron chi connectivity index (χ1n) is 8.36. The van der Waals surface area contributed by atoms with Crippen LogP contribution in [0.4, 0.5) is 5.69 Å². The summed E-state index contributed by atoms with van der Waals surface area (Å²) in [7, 11) is 0. The minimum atomic E-state index is -0.314. The normalized spacial score (nSPS) is 19.0. The zero-order valence-corrected chi connectivity index (χ0v) is 13.9. The van der Waals surface area contributed by atoms with Gasteiger partial charge in [-0.2, -0.15) is 0 Å². The van der Waals surface area contributed by atoms with Gasteiger partial charge in [0, 0.05) is 31.8 Å². The minimum absolute atomic E-state index is 0.00283. The van der Waals surface area contributed by atoms with Crippen molar-refractivity contribution in [1.29, 1.82) is 0 Å². The van der Waals surface area contributed by atoms with Crippen LogP contribution >= 0.6 is 0 Å². The van der Waals surface area contributed by atoms with Crippen LogP contribution in [0.1, 0.15) is 44.6 Å². The molecule has 2 atom stereocenters. The predicted octanol–water partition coefficient (Wildman–Crippen LogP) is 2.05. The molecule has 0 spiro atoms. The second kappa shape index (κ2) is 8.11. The molecule has 2 N–H and O–H groups in total. The highest BCUT2D eigenvalue weighted by atomic mass is 16.3. The number of hydrogen-bond acceptors (Lipinski definition) is 3. The molecule has 23 heavy (non-hydrogen) atoms. The van der Waals surface area contributed by atoms with Gasteiger partial charge in [-0.25, -0.2) is 0 Å². The quantitative estimate of drug-likeness (QED) is 0.756. The first kappa shape index (κ1) is 17.5. The van der Waals surface area contributed by atoms with Crippen LogP contribution in [0.2, 0.25) is 0 Å². The number of carbonyl (C=O) groups excluding carboxylic acids is 2. The lowest BCUT2D eigenvalue weighted by Gasteiger charge is -2.23. The number of para-hydroxylation sites is 1. The molecule has 1 aliphatic rings. The van der Waals surface area contributed by atoms with Gasteiger partial charge in [-0.3, -0.25) is 9.59 Å². The molecule has 5 heteroatoms. The second-order valence-corrected chi connectivity index (χ2v) is 6.14. The van der Waals surface area contributed by atoms with Gasteiger partial charge in [-0.05, 0) is 30.4 Å². The molecule has 5 nitrogen and oxygen atoms in total. The predicted molar refractivity (Wildman–Crippen MR) is 90.3 cm³/mol. The summed E-state index contributed by atoms with van der Waals surface area (Å²) >= 11 is 0. The average Bonchev–Trinajstić information content (AvgIpc) is 2.96. The SMILES string of the molecule is CCC(C)c1ccccc1N1CC(C(=O)NCCCO)CC1=O. The number of benzene rings is 1. The number of anilines is 1. The number of aliphatic hydroxyl groups excluding tert-OH is 1. The Bertz CT molecular complexity index is 559. The molecule has 126 valence electrons. The lowest BCUT2D eigenvalue weighted by molar-refractivity contribution is -0.126. The zero-order valence-electron chi connectivity index (χ0n) is 13.9. The topological polar surface area (TPSA) is 69.6 Å². The third-order valence-corrected chi connectivity index (χ3v) is 4.50. The van der Waals surface area contributed by atoms with Gasteiger partial charge in [0.05, 0.1) is 5.92 Å². The summed E-state index contributed by atoms with van der Waals surface area (Å²) in [6, 6.07) is 7.95. The molecule has 0 saturated carbocycles. The number of aliphatic hydroxyl groups is 1. The summed E-state index contributed by atoms with van der Waals surface area (Å²) in [4.78, 5) is 26.3. The van der Waals surface area contributed by atoms with E-state index in [1.807, 2.05) is 18.2 Å². The zero-order chi connectivity index (χ0) is 16.8. The Labute approximate surface area is 137 Å². The Balaban J connectivity index is 2.10. The minimum Gasteiger partial charge on any atom is -0.396 e. The second-order valence-electron chi connectivity index (χ2n) is 6.14. The van der Waals surface area contributed by atoms with E-state index in [0.29, 0.717) is 25.4 Å². The van der Waals surface area contributed by atoms with Gasteiger partial charge in [0.1, 0.15) is 0 Å². The standard InChI is InChI=1S/C18H26N2O3/c1-3-13(2)15-7-4-5-8-16(15)20-12-14(11-17(20)22)18(23)19-9-6-10-21/h4-5,7-8,13-14,21H,3,6,9-12H2,1-2H3,(H,19,23). The Morgan fingerprint density at radius 1 is 1.43 bits per heavy atom. The van der Waals surface area contributed by atoms with Crippen LogP contribution in [0.15, 0.2) is 24.3 Å². The highest BCUT2D eigenvalue weighted by Gasteiger charge is 2.35. The fraction of sp³-hybridized carbons (Fsp3) is 0.556. The lowest BCUT2D eigenvalue weighted by Crippen LogP contribution is -2.34. The molecule has 0 bridgehead atoms. The van der Waals surface area contributed by atoms with Crippen molar-refractivity contribution >= 4 is 17.5 Å². The van der Waals surface area contributed by atoms with Crippen molar-refractivity contribution in [1.82, 2.24) is 5.32 Å². The molecule has 2 unspecified atom stereocenters. The van der Waals surface area contributed by atoms with E-state index in [2.05, 4.69) is 25.2 Å². The van der Waals surface area contributed by atoms with Crippen molar-refractivity contribution in [3.05, 3.63) is 29.8 Å². The van der Waals surface area contributed by atoms with E-state index in [9.17, 15) is 9.59 Å². The summed E-state index contributed by atoms with van der Waals surface area (Å²) in [6.45, 7) is 5.21. The molecule has 0 aliphatic carbocycles. The lowest BCUT2D eigenvalue weighted by atomic mass is 9.96. The van der Waals surface area contributed by atoms with Crippen molar-refractivity contribution in [2.24, 2.45) is 5.92 Å². The van der Waals surface area contributed by atoms with Gasteiger partial charge in [-0.1, -0.05) is 32.0 Å². The Hall–Kier alpha value is -1.88. The molecule has 1 aromatic carbocycles. The van der Waals surface area contributed by atoms with Crippen molar-refractivity contribution in [2.45, 2.75) is 39.0 Å². The van der Waals surface area contributed by atoms with E-state index in [0.717, 1.165) is 17.7 Å². The Kier molecular flexibility index (Phi) is 6.16. The van der Waals surface area contributed by atoms with Crippen LogP contribution in [0, 0.1) is 5.92 Å². The molecule has 1 aliphatic heterocycles. The van der Waals surface area contributed by atoms with Crippen molar-refractivity contribution in [3.63, 3.8) is 0 Å². The maximum absolute atomic E-state index is 12.4. The molecule has 1 heterocycles. The largest absolute Gasteiger partial charge is 0.396 e. The van der Waals surface area contributed by atoms with E-state index >= 15 is 0 Å². The molecular formula is C18H26N2O3. The summed E-state index contributed by atoms with van der Waals surface area (Å²) in [5.41, 5.74) is 2.09. The number of rotatable bonds is 7. The molecule has 0 radical (unpaired) electrons. The number of hydrogen-bond donors (Lipinski definition) is 2. The summed E-state index contributed by atoms with van der Waals surface area (Å²) in [5, 5.41) is 11.6. The van der Waals surface area contributed by atoms with Gasteiger partial charge in [-0.15, -0.1) is 0 Å². The molecule has 1 fully saturated rings. The maximum Gasteiger partial charge on any atom is 0.227 e. The van der Waals surface area contributed by atoms with Gasteiger partial charge < -0.3 is 15.3 Å². The van der Waals surface area contributed by atoms with Gasteiger partial charge in [0.2, 0.25) is 11.8 Å². The van der Waals surface area contributed by atoms with Crippen LogP contribution in [-0.2, 0) is 9.59 Å². The van der Waals surface area contributed by atoms with E-state index in [1.165, 1.54) is 0 Å². The Morgan fingerprint density at radius 2 is 2.17 bits per heavy atom. The third kappa shape index (κ3) is 4.10. The molecule has 2 rings (SSSR count). The van der Waals surface area contributed by atoms with E-state index in [-0.39, 0.29) is 30.8 Å². The highest BCUT2D eigenvalue weighted by molar-refractivity contribution is 6.00. The van der Waals surface area contributed by atoms with E-state index < -0.39 is 0 Å². The molecule has 2 amide bonds. The van der Waals surface area contributed by atoms with E-state index in [4.69, 9.17) is 5.11 Å². The summed E-state index contributed by atoms with van der Waals surface area (Å²) in [6.07, 6.45) is 1.79. The molecule has 1 saturated heterocycles. The fourth-order valence-corrected chi connectivity index (χ4v) is 2.92. The number of nitrogens with one attached hydrogen (secondary N) is 1. The van der Waals surface area contributed by atoms with Crippen LogP contribution in [0.25, 0.3) is 0 Å². The molecular weight excluding hydrogens is 292 g/mol. The first-order valence-corrected chi connectivity index (χ1v) is 8.36. The Morgan fingerprint density at radius 3 is 2.87 bits per heavy atom. The van der Waals surface area contributed by atoms with Crippen LogP contribution < -0.4 is 10.2 Å². The number of nitrogens with zero attached hydrogens (tertiary/aromatic N) is 1. The van der Waals surface area contributed by atoms with Crippen molar-refractivity contribution < 1.29 is 14.7 Å². The van der Waals surface area contributed by atoms with Crippen LogP contribution in [-0.4, -0.2) is 36.6 Å². The maximum atomic E-state index is 12.4. The van der Waals surface area contributed by atoms with Crippen molar-refractivity contribution in [3.8, 4) is 0 Å². The summed E-state index contributed by atoms with van der Waals surface area (Å²) < 4.78 is 0. The number of amides is 2. The highest BCUT2D eigenvalue weighted by Crippen LogP contribution is 2.33. The van der Waals surface area contributed by atoms with Crippen molar-refractivity contribution in [2.75, 3.05) is 24.6 Å². The number of carbonyl (C=O) groups is 2. The molecule has 0 aromatic heterocycles. The van der Waals surface area contributed by atoms with E-state index in [1.54, 1.807) is 4.90 Å². The fourth-order valence-electron chi connectivity index (χ4n) is 2.92. The third-order valence-electron chi connectivity index (χ3n) is 4.50. The first-order chi connectivity index (χ1) is 11.1. The summed E-state index contributed by atoms with van der Waals surface area (Å²) in [5.74, 6) is -0.0407. The smallest absolute Gasteiger partial charge is 0.227 e. The van der Waals surface area contributed by atoms with Crippen LogP contribution in [0.3, 0.4) is 0 Å². The van der Waals surface area contributed by atoms with Gasteiger partial charge in [0.15, 0.2) is 0 Å². The molecule has 1 aromatic rings. The van der Waals surface area contributed by atoms with Gasteiger partial charge in [0.25, 0.3) is 0 Å². The average molecular weight is 318 g/mol.